The van der Waals surface area contributed by atoms with Crippen LogP contribution in [0.2, 0.25) is 0 Å². The number of amides is 3. The zero-order chi connectivity index (χ0) is 13.3. The Kier molecular flexibility index (Phi) is 2.75. The van der Waals surface area contributed by atoms with Crippen molar-refractivity contribution >= 4 is 11.9 Å². The topological polar surface area (TPSA) is 73.2 Å². The Bertz CT molecular complexity index is 567. The number of carbonyl (C=O) groups is 2. The maximum absolute atomic E-state index is 13.7. The number of urea groups is 1. The van der Waals surface area contributed by atoms with Crippen LogP contribution in [0.1, 0.15) is 12.5 Å². The van der Waals surface area contributed by atoms with Crippen LogP contribution in [0.4, 0.5) is 9.18 Å². The smallest absolute Gasteiger partial charge is 0.319 e. The number of hydrogen-bond acceptors (Lipinski definition) is 3. The van der Waals surface area contributed by atoms with E-state index in [4.69, 9.17) is 5.26 Å². The summed E-state index contributed by atoms with van der Waals surface area (Å²) >= 11 is 0. The molecule has 2 rings (SSSR count). The summed E-state index contributed by atoms with van der Waals surface area (Å²) < 4.78 is 13.7. The van der Waals surface area contributed by atoms with Crippen molar-refractivity contribution in [3.63, 3.8) is 0 Å². The summed E-state index contributed by atoms with van der Waals surface area (Å²) in [5, 5.41) is 11.0. The van der Waals surface area contributed by atoms with Crippen molar-refractivity contribution in [3.8, 4) is 6.07 Å². The summed E-state index contributed by atoms with van der Waals surface area (Å²) in [5.74, 6) is -1.20. The monoisotopic (exact) mass is 247 g/mol. The maximum Gasteiger partial charge on any atom is 0.326 e. The van der Waals surface area contributed by atoms with Crippen molar-refractivity contribution in [2.45, 2.75) is 12.5 Å². The molecule has 1 fully saturated rings. The third-order valence-electron chi connectivity index (χ3n) is 2.92. The predicted octanol–water partition coefficient (Wildman–Crippen LogP) is 1.12. The Morgan fingerprint density at radius 3 is 2.72 bits per heavy atom. The van der Waals surface area contributed by atoms with E-state index in [0.717, 1.165) is 4.90 Å². The Labute approximate surface area is 103 Å². The summed E-state index contributed by atoms with van der Waals surface area (Å²) in [6, 6.07) is 6.76. The summed E-state index contributed by atoms with van der Waals surface area (Å²) in [6.07, 6.45) is 0. The lowest BCUT2D eigenvalue weighted by Crippen LogP contribution is -2.41. The first-order valence-corrected chi connectivity index (χ1v) is 5.27. The van der Waals surface area contributed by atoms with Crippen LogP contribution < -0.4 is 5.32 Å². The van der Waals surface area contributed by atoms with E-state index in [1.165, 1.54) is 25.1 Å². The number of nitriles is 1. The highest BCUT2D eigenvalue weighted by atomic mass is 19.1. The Hall–Kier alpha value is -2.42. The molecular weight excluding hydrogens is 237 g/mol. The van der Waals surface area contributed by atoms with Gasteiger partial charge in [0.1, 0.15) is 17.9 Å². The molecule has 92 valence electrons. The average Bonchev–Trinajstić information content (AvgIpc) is 2.55. The minimum Gasteiger partial charge on any atom is -0.319 e. The van der Waals surface area contributed by atoms with Crippen LogP contribution in [-0.4, -0.2) is 23.4 Å². The number of nitrogens with zero attached hydrogens (tertiary/aromatic N) is 2. The van der Waals surface area contributed by atoms with Crippen molar-refractivity contribution in [1.29, 1.82) is 5.26 Å². The highest BCUT2D eigenvalue weighted by Gasteiger charge is 2.49. The highest BCUT2D eigenvalue weighted by molar-refractivity contribution is 6.07. The fourth-order valence-electron chi connectivity index (χ4n) is 1.96. The van der Waals surface area contributed by atoms with Gasteiger partial charge in [0.05, 0.1) is 6.07 Å². The van der Waals surface area contributed by atoms with Gasteiger partial charge in [-0.2, -0.15) is 5.26 Å². The molecule has 0 radical (unpaired) electrons. The zero-order valence-corrected chi connectivity index (χ0v) is 9.61. The first-order chi connectivity index (χ1) is 8.50. The molecule has 0 aromatic heterocycles. The van der Waals surface area contributed by atoms with Gasteiger partial charge < -0.3 is 5.32 Å². The van der Waals surface area contributed by atoms with E-state index in [0.29, 0.717) is 0 Å². The van der Waals surface area contributed by atoms with Crippen molar-refractivity contribution in [2.24, 2.45) is 0 Å². The molecule has 18 heavy (non-hydrogen) atoms. The Morgan fingerprint density at radius 1 is 1.44 bits per heavy atom. The molecule has 0 bridgehead atoms. The van der Waals surface area contributed by atoms with Gasteiger partial charge in [0, 0.05) is 5.56 Å². The van der Waals surface area contributed by atoms with Gasteiger partial charge in [-0.1, -0.05) is 18.2 Å². The van der Waals surface area contributed by atoms with E-state index < -0.39 is 23.3 Å². The molecule has 0 aliphatic carbocycles. The predicted molar refractivity (Wildman–Crippen MR) is 59.6 cm³/mol. The second-order valence-electron chi connectivity index (χ2n) is 4.08. The van der Waals surface area contributed by atoms with Crippen LogP contribution in [0.25, 0.3) is 0 Å². The minimum absolute atomic E-state index is 0.0868. The molecule has 6 heteroatoms. The van der Waals surface area contributed by atoms with E-state index in [2.05, 4.69) is 5.32 Å². The molecule has 5 nitrogen and oxygen atoms in total. The fourth-order valence-corrected chi connectivity index (χ4v) is 1.96. The molecule has 1 aromatic carbocycles. The number of nitrogens with one attached hydrogen (secondary N) is 1. The van der Waals surface area contributed by atoms with Crippen LogP contribution in [0.15, 0.2) is 24.3 Å². The van der Waals surface area contributed by atoms with Gasteiger partial charge in [-0.05, 0) is 13.0 Å². The molecule has 0 spiro atoms. The van der Waals surface area contributed by atoms with E-state index >= 15 is 0 Å². The number of carbonyl (C=O) groups excluding carboxylic acids is 2. The molecule has 3 amide bonds. The Morgan fingerprint density at radius 2 is 2.11 bits per heavy atom. The third kappa shape index (κ3) is 1.61. The largest absolute Gasteiger partial charge is 0.326 e. The molecule has 0 saturated carbocycles. The van der Waals surface area contributed by atoms with Gasteiger partial charge in [-0.25, -0.2) is 14.1 Å². The van der Waals surface area contributed by atoms with Gasteiger partial charge >= 0.3 is 6.03 Å². The molecule has 1 unspecified atom stereocenters. The molecule has 1 atom stereocenters. The quantitative estimate of drug-likeness (QED) is 0.628. The summed E-state index contributed by atoms with van der Waals surface area (Å²) in [6.45, 7) is 1.07. The van der Waals surface area contributed by atoms with Gasteiger partial charge in [0.25, 0.3) is 5.91 Å². The van der Waals surface area contributed by atoms with Crippen molar-refractivity contribution in [3.05, 3.63) is 35.6 Å². The number of halogens is 1. The van der Waals surface area contributed by atoms with Crippen molar-refractivity contribution in [1.82, 2.24) is 10.2 Å². The van der Waals surface area contributed by atoms with Gasteiger partial charge in [0.2, 0.25) is 0 Å². The van der Waals surface area contributed by atoms with Crippen LogP contribution >= 0.6 is 0 Å². The van der Waals surface area contributed by atoms with Crippen molar-refractivity contribution < 1.29 is 14.0 Å². The number of imide groups is 1. The second kappa shape index (κ2) is 4.11. The lowest BCUT2D eigenvalue weighted by molar-refractivity contribution is -0.130. The summed E-state index contributed by atoms with van der Waals surface area (Å²) in [5.41, 5.74) is -1.37. The van der Waals surface area contributed by atoms with E-state index in [1.807, 2.05) is 0 Å². The lowest BCUT2D eigenvalue weighted by Gasteiger charge is -2.22. The number of benzene rings is 1. The SMILES string of the molecule is CC1(c2ccccc2F)NC(=O)N(CC#N)C1=O. The van der Waals surface area contributed by atoms with Crippen LogP contribution in [0.5, 0.6) is 0 Å². The van der Waals surface area contributed by atoms with Crippen LogP contribution in [0.3, 0.4) is 0 Å². The first-order valence-electron chi connectivity index (χ1n) is 5.27. The van der Waals surface area contributed by atoms with E-state index in [-0.39, 0.29) is 12.1 Å². The molecule has 1 heterocycles. The highest BCUT2D eigenvalue weighted by Crippen LogP contribution is 2.30. The molecule has 1 aliphatic rings. The maximum atomic E-state index is 13.7. The van der Waals surface area contributed by atoms with Crippen LogP contribution in [0, 0.1) is 17.1 Å². The lowest BCUT2D eigenvalue weighted by atomic mass is 9.91. The fraction of sp³-hybridized carbons (Fsp3) is 0.250. The normalized spacial score (nSPS) is 22.8. The Balaban J connectivity index is 2.46. The molecule has 1 aliphatic heterocycles. The minimum atomic E-state index is -1.46. The molecule has 1 N–H and O–H groups in total. The molecular formula is C12H10FN3O2. The van der Waals surface area contributed by atoms with Gasteiger partial charge in [0.15, 0.2) is 0 Å². The van der Waals surface area contributed by atoms with Crippen molar-refractivity contribution in [2.75, 3.05) is 6.54 Å². The van der Waals surface area contributed by atoms with Gasteiger partial charge in [-0.3, -0.25) is 4.79 Å². The zero-order valence-electron chi connectivity index (χ0n) is 9.61. The standard InChI is InChI=1S/C12H10FN3O2/c1-12(8-4-2-3-5-9(8)13)10(17)16(7-6-14)11(18)15-12/h2-5H,7H2,1H3,(H,15,18). The average molecular weight is 247 g/mol. The van der Waals surface area contributed by atoms with Gasteiger partial charge in [-0.15, -0.1) is 0 Å². The molecule has 1 saturated heterocycles. The third-order valence-corrected chi connectivity index (χ3v) is 2.92. The summed E-state index contributed by atoms with van der Waals surface area (Å²) in [7, 11) is 0. The second-order valence-corrected chi connectivity index (χ2v) is 4.08. The molecule has 1 aromatic rings. The number of rotatable bonds is 2. The summed E-state index contributed by atoms with van der Waals surface area (Å²) in [4.78, 5) is 24.5. The number of hydrogen-bond donors (Lipinski definition) is 1. The van der Waals surface area contributed by atoms with E-state index in [1.54, 1.807) is 12.1 Å². The van der Waals surface area contributed by atoms with E-state index in [9.17, 15) is 14.0 Å². The van der Waals surface area contributed by atoms with Crippen LogP contribution in [-0.2, 0) is 10.3 Å². The first kappa shape index (κ1) is 12.0.